The highest BCUT2D eigenvalue weighted by Crippen LogP contribution is 2.27. The number of nitrogens with two attached hydrogens (primary N) is 6. The van der Waals surface area contributed by atoms with Crippen LogP contribution in [0.4, 0.5) is 5.69 Å². The second kappa shape index (κ2) is 17.3. The van der Waals surface area contributed by atoms with Crippen LogP contribution in [-0.4, -0.2) is 48.9 Å². The van der Waals surface area contributed by atoms with E-state index < -0.39 is 29.5 Å². The van der Waals surface area contributed by atoms with Gasteiger partial charge in [0.25, 0.3) is 0 Å². The van der Waals surface area contributed by atoms with Crippen molar-refractivity contribution in [2.24, 2.45) is 44.4 Å². The molecule has 0 saturated carbocycles. The fourth-order valence-corrected chi connectivity index (χ4v) is 3.64. The molecule has 0 aliphatic carbocycles. The molecule has 0 aliphatic rings. The molecule has 0 unspecified atom stereocenters. The molecule has 0 saturated heterocycles. The molecule has 2 aromatic rings. The SMILES string of the molecule is Cc1cc(=O)oc2cc(N(C(=O)[C@@H](N)CCCN=C(N)N)[C@@H](CCCN=C(N)N)C(N)=O)ccc12.Cl.Cl.Cl. The van der Waals surface area contributed by atoms with Gasteiger partial charge in [-0.25, -0.2) is 4.79 Å². The van der Waals surface area contributed by atoms with Crippen molar-refractivity contribution in [3.8, 4) is 0 Å². The molecule has 214 valence electrons. The number of hydrogen-bond donors (Lipinski definition) is 6. The zero-order valence-corrected chi connectivity index (χ0v) is 23.3. The average molecular weight is 597 g/mol. The maximum Gasteiger partial charge on any atom is 0.336 e. The number of aryl methyl sites for hydroxylation is 1. The summed E-state index contributed by atoms with van der Waals surface area (Å²) in [7, 11) is 0. The van der Waals surface area contributed by atoms with Crippen LogP contribution in [0.2, 0.25) is 0 Å². The Hall–Kier alpha value is -3.26. The van der Waals surface area contributed by atoms with E-state index in [0.717, 1.165) is 0 Å². The highest BCUT2D eigenvalue weighted by atomic mass is 35.5. The van der Waals surface area contributed by atoms with E-state index in [2.05, 4.69) is 9.98 Å². The molecule has 12 N–H and O–H groups in total. The fraction of sp³-hybridized carbons (Fsp3) is 0.409. The molecule has 0 fully saturated rings. The lowest BCUT2D eigenvalue weighted by Gasteiger charge is -2.32. The van der Waals surface area contributed by atoms with Gasteiger partial charge in [0.05, 0.1) is 6.04 Å². The normalized spacial score (nSPS) is 11.5. The summed E-state index contributed by atoms with van der Waals surface area (Å²) < 4.78 is 5.32. The summed E-state index contributed by atoms with van der Waals surface area (Å²) in [6.45, 7) is 2.30. The smallest absolute Gasteiger partial charge is 0.336 e. The molecule has 0 spiro atoms. The highest BCUT2D eigenvalue weighted by Gasteiger charge is 2.32. The van der Waals surface area contributed by atoms with Crippen LogP contribution in [0.1, 0.15) is 31.2 Å². The third kappa shape index (κ3) is 10.6. The van der Waals surface area contributed by atoms with Crippen molar-refractivity contribution in [3.05, 3.63) is 40.2 Å². The Morgan fingerprint density at radius 3 is 2.00 bits per heavy atom. The first-order chi connectivity index (χ1) is 16.5. The summed E-state index contributed by atoms with van der Waals surface area (Å²) in [5, 5.41) is 0.686. The summed E-state index contributed by atoms with van der Waals surface area (Å²) in [4.78, 5) is 46.8. The third-order valence-corrected chi connectivity index (χ3v) is 5.31. The van der Waals surface area contributed by atoms with Gasteiger partial charge in [0.1, 0.15) is 11.6 Å². The Labute approximate surface area is 238 Å². The molecule has 2 atom stereocenters. The Balaban J connectivity index is 0. The molecule has 16 heteroatoms. The molecule has 13 nitrogen and oxygen atoms in total. The van der Waals surface area contributed by atoms with Gasteiger partial charge < -0.3 is 38.8 Å². The third-order valence-electron chi connectivity index (χ3n) is 5.31. The van der Waals surface area contributed by atoms with Crippen LogP contribution in [0.5, 0.6) is 0 Å². The molecule has 2 amide bonds. The van der Waals surface area contributed by atoms with Gasteiger partial charge in [-0.15, -0.1) is 37.2 Å². The van der Waals surface area contributed by atoms with Gasteiger partial charge in [0.2, 0.25) is 11.8 Å². The van der Waals surface area contributed by atoms with E-state index in [-0.39, 0.29) is 74.1 Å². The molecular formula is C22H36Cl3N9O4. The zero-order valence-electron chi connectivity index (χ0n) is 20.9. The van der Waals surface area contributed by atoms with E-state index in [1.807, 2.05) is 0 Å². The lowest BCUT2D eigenvalue weighted by atomic mass is 10.0. The Bertz CT molecular complexity index is 1180. The molecule has 0 aliphatic heterocycles. The minimum Gasteiger partial charge on any atom is -0.423 e. The average Bonchev–Trinajstić information content (AvgIpc) is 2.77. The number of fused-ring (bicyclic) bond motifs is 1. The molecule has 0 bridgehead atoms. The van der Waals surface area contributed by atoms with Gasteiger partial charge in [0, 0.05) is 36.3 Å². The molecule has 38 heavy (non-hydrogen) atoms. The van der Waals surface area contributed by atoms with Crippen LogP contribution in [0.3, 0.4) is 0 Å². The number of halogens is 3. The van der Waals surface area contributed by atoms with Crippen molar-refractivity contribution >= 4 is 77.6 Å². The number of aliphatic imine (C=N–C) groups is 2. The fourth-order valence-electron chi connectivity index (χ4n) is 3.64. The van der Waals surface area contributed by atoms with E-state index in [0.29, 0.717) is 36.0 Å². The van der Waals surface area contributed by atoms with Gasteiger partial charge in [-0.1, -0.05) is 0 Å². The van der Waals surface area contributed by atoms with Crippen LogP contribution < -0.4 is 44.9 Å². The van der Waals surface area contributed by atoms with Gasteiger partial charge in [-0.2, -0.15) is 0 Å². The number of hydrogen-bond acceptors (Lipinski definition) is 7. The zero-order chi connectivity index (χ0) is 26.1. The summed E-state index contributed by atoms with van der Waals surface area (Å²) in [6, 6.07) is 4.21. The number of primary amides is 1. The Morgan fingerprint density at radius 2 is 1.47 bits per heavy atom. The number of nitrogens with zero attached hydrogens (tertiary/aromatic N) is 3. The molecule has 2 rings (SSSR count). The van der Waals surface area contributed by atoms with Crippen LogP contribution in [0.25, 0.3) is 11.0 Å². The van der Waals surface area contributed by atoms with Crippen LogP contribution in [0, 0.1) is 6.92 Å². The maximum absolute atomic E-state index is 13.5. The molecule has 0 radical (unpaired) electrons. The molecule has 1 aromatic heterocycles. The number of benzene rings is 1. The number of anilines is 1. The summed E-state index contributed by atoms with van der Waals surface area (Å²) >= 11 is 0. The van der Waals surface area contributed by atoms with Crippen molar-refractivity contribution in [2.45, 2.75) is 44.7 Å². The lowest BCUT2D eigenvalue weighted by Crippen LogP contribution is -2.53. The van der Waals surface area contributed by atoms with E-state index in [4.69, 9.17) is 38.8 Å². The number of rotatable bonds is 12. The first-order valence-corrected chi connectivity index (χ1v) is 11.0. The Morgan fingerprint density at radius 1 is 0.921 bits per heavy atom. The van der Waals surface area contributed by atoms with Crippen LogP contribution in [-0.2, 0) is 9.59 Å². The van der Waals surface area contributed by atoms with Gasteiger partial charge in [-0.05, 0) is 50.3 Å². The van der Waals surface area contributed by atoms with Crippen molar-refractivity contribution in [1.82, 2.24) is 0 Å². The summed E-state index contributed by atoms with van der Waals surface area (Å²) in [5.41, 5.74) is 34.0. The molecular weight excluding hydrogens is 561 g/mol. The second-order valence-electron chi connectivity index (χ2n) is 8.06. The Kier molecular flexibility index (Phi) is 16.8. The van der Waals surface area contributed by atoms with Crippen molar-refractivity contribution in [2.75, 3.05) is 18.0 Å². The number of amides is 2. The molecule has 1 aromatic carbocycles. The monoisotopic (exact) mass is 595 g/mol. The predicted molar refractivity (Wildman–Crippen MR) is 157 cm³/mol. The highest BCUT2D eigenvalue weighted by molar-refractivity contribution is 6.04. The van der Waals surface area contributed by atoms with E-state index in [1.165, 1.54) is 17.0 Å². The van der Waals surface area contributed by atoms with Crippen molar-refractivity contribution in [3.63, 3.8) is 0 Å². The van der Waals surface area contributed by atoms with Gasteiger partial charge >= 0.3 is 5.63 Å². The minimum absolute atomic E-state index is 0. The number of carbonyl (C=O) groups excluding carboxylic acids is 2. The maximum atomic E-state index is 13.5. The summed E-state index contributed by atoms with van der Waals surface area (Å²) in [6.07, 6.45) is 1.24. The molecule has 1 heterocycles. The topological polar surface area (TPSA) is 248 Å². The minimum atomic E-state index is -1.05. The van der Waals surface area contributed by atoms with Gasteiger partial charge in [0.15, 0.2) is 11.9 Å². The first kappa shape index (κ1) is 36.9. The predicted octanol–water partition coefficient (Wildman–Crippen LogP) is -0.0118. The summed E-state index contributed by atoms with van der Waals surface area (Å²) in [5.74, 6) is -1.42. The largest absolute Gasteiger partial charge is 0.423 e. The number of guanidine groups is 2. The van der Waals surface area contributed by atoms with Crippen LogP contribution in [0.15, 0.2) is 43.5 Å². The van der Waals surface area contributed by atoms with Gasteiger partial charge in [-0.3, -0.25) is 24.5 Å². The van der Waals surface area contributed by atoms with E-state index >= 15 is 0 Å². The second-order valence-corrected chi connectivity index (χ2v) is 8.06. The lowest BCUT2D eigenvalue weighted by molar-refractivity contribution is -0.125. The first-order valence-electron chi connectivity index (χ1n) is 11.0. The number of carbonyl (C=O) groups is 2. The van der Waals surface area contributed by atoms with E-state index in [9.17, 15) is 14.4 Å². The van der Waals surface area contributed by atoms with Crippen LogP contribution >= 0.6 is 37.2 Å². The van der Waals surface area contributed by atoms with Crippen molar-refractivity contribution < 1.29 is 14.0 Å². The van der Waals surface area contributed by atoms with E-state index in [1.54, 1.807) is 19.1 Å². The standard InChI is InChI=1S/C22H33N9O4.3ClH/c1-12-10-18(32)35-17-11-13(6-7-14(12)17)31(16(19(24)33)5-3-9-30-22(27)28)20(34)15(23)4-2-8-29-21(25)26;;;/h6-7,10-11,15-16H,2-5,8-9,23H2,1H3,(H2,24,33)(H4,25,26,29)(H4,27,28,30);3*1H/t15-,16-;;;/m0.../s1. The van der Waals surface area contributed by atoms with Crippen molar-refractivity contribution in [1.29, 1.82) is 0 Å². The quantitative estimate of drug-likeness (QED) is 0.0832.